The van der Waals surface area contributed by atoms with Crippen LogP contribution in [0.2, 0.25) is 0 Å². The number of aliphatic hydroxyl groups excluding tert-OH is 1. The van der Waals surface area contributed by atoms with Gasteiger partial charge >= 0.3 is 51.4 Å². The second-order valence-electron chi connectivity index (χ2n) is 5.66. The molecule has 2 unspecified atom stereocenters. The summed E-state index contributed by atoms with van der Waals surface area (Å²) in [6.45, 7) is 3.91. The largest absolute Gasteiger partial charge is 1.00 e. The van der Waals surface area contributed by atoms with Crippen LogP contribution in [0.5, 0.6) is 0 Å². The number of aliphatic hydroxyl groups is 1. The summed E-state index contributed by atoms with van der Waals surface area (Å²) in [6, 6.07) is 0. The van der Waals surface area contributed by atoms with Crippen LogP contribution in [0.25, 0.3) is 0 Å². The van der Waals surface area contributed by atoms with E-state index in [-0.39, 0.29) is 57.5 Å². The van der Waals surface area contributed by atoms with Gasteiger partial charge in [0.25, 0.3) is 0 Å². The number of hydrogen-bond donors (Lipinski definition) is 1. The molecule has 2 atom stereocenters. The second-order valence-corrected chi connectivity index (χ2v) is 7.32. The van der Waals surface area contributed by atoms with Crippen molar-refractivity contribution in [2.75, 3.05) is 0 Å². The standard InChI is InChI=1S/C15H32O4S.K/c1-3-5-6-8-11-14(16)12-9-7-10-13-15(4-2)20(17,18)19;/h14-16H,3-13H2,1-2H3,(H,17,18,19);/q;+1/p-1. The van der Waals surface area contributed by atoms with E-state index in [0.717, 1.165) is 38.5 Å². The Morgan fingerprint density at radius 2 is 1.38 bits per heavy atom. The molecule has 0 bridgehead atoms. The summed E-state index contributed by atoms with van der Waals surface area (Å²) < 4.78 is 32.7. The van der Waals surface area contributed by atoms with Crippen molar-refractivity contribution in [3.63, 3.8) is 0 Å². The fourth-order valence-electron chi connectivity index (χ4n) is 2.43. The van der Waals surface area contributed by atoms with Crippen molar-refractivity contribution in [3.05, 3.63) is 0 Å². The van der Waals surface area contributed by atoms with E-state index in [1.165, 1.54) is 19.3 Å². The Bertz CT molecular complexity index is 320. The molecule has 0 radical (unpaired) electrons. The van der Waals surface area contributed by atoms with E-state index in [2.05, 4.69) is 6.92 Å². The van der Waals surface area contributed by atoms with Gasteiger partial charge in [0.2, 0.25) is 0 Å². The summed E-state index contributed by atoms with van der Waals surface area (Å²) in [5.74, 6) is 0. The molecule has 0 rings (SSSR count). The summed E-state index contributed by atoms with van der Waals surface area (Å²) in [6.07, 6.45) is 9.53. The molecule has 0 aromatic heterocycles. The van der Waals surface area contributed by atoms with Gasteiger partial charge in [0.15, 0.2) is 0 Å². The van der Waals surface area contributed by atoms with Gasteiger partial charge in [0.05, 0.1) is 16.2 Å². The minimum absolute atomic E-state index is 0. The van der Waals surface area contributed by atoms with Crippen molar-refractivity contribution in [1.29, 1.82) is 0 Å². The Kier molecular flexibility index (Phi) is 17.8. The van der Waals surface area contributed by atoms with Crippen molar-refractivity contribution >= 4 is 10.1 Å². The first kappa shape index (κ1) is 24.8. The fraction of sp³-hybridized carbons (Fsp3) is 1.00. The molecule has 6 heteroatoms. The second kappa shape index (κ2) is 15.1. The van der Waals surface area contributed by atoms with Crippen LogP contribution < -0.4 is 51.4 Å². The third-order valence-electron chi connectivity index (χ3n) is 3.82. The normalized spacial score (nSPS) is 14.5. The molecule has 1 N–H and O–H groups in total. The van der Waals surface area contributed by atoms with Crippen LogP contribution >= 0.6 is 0 Å². The summed E-state index contributed by atoms with van der Waals surface area (Å²) >= 11 is 0. The Labute approximate surface area is 173 Å². The van der Waals surface area contributed by atoms with E-state index >= 15 is 0 Å². The molecule has 0 saturated heterocycles. The maximum Gasteiger partial charge on any atom is 1.00 e. The molecule has 0 fully saturated rings. The zero-order valence-electron chi connectivity index (χ0n) is 14.0. The van der Waals surface area contributed by atoms with Gasteiger partial charge in [-0.15, -0.1) is 0 Å². The van der Waals surface area contributed by atoms with E-state index in [9.17, 15) is 18.1 Å². The molecule has 0 spiro atoms. The molecular formula is C15H31KO4S. The topological polar surface area (TPSA) is 77.4 Å². The number of rotatable bonds is 13. The van der Waals surface area contributed by atoms with Gasteiger partial charge < -0.3 is 9.66 Å². The Hall–Kier alpha value is 1.51. The average molecular weight is 347 g/mol. The van der Waals surface area contributed by atoms with E-state index in [1.54, 1.807) is 6.92 Å². The summed E-state index contributed by atoms with van der Waals surface area (Å²) in [7, 11) is -4.14. The Morgan fingerprint density at radius 1 is 0.905 bits per heavy atom. The quantitative estimate of drug-likeness (QED) is 0.301. The zero-order valence-corrected chi connectivity index (χ0v) is 18.0. The number of hydrogen-bond acceptors (Lipinski definition) is 4. The van der Waals surface area contributed by atoms with Crippen molar-refractivity contribution in [2.45, 2.75) is 95.8 Å². The van der Waals surface area contributed by atoms with Crippen LogP contribution in [0.1, 0.15) is 84.5 Å². The molecule has 0 heterocycles. The first-order valence-corrected chi connectivity index (χ1v) is 9.51. The van der Waals surface area contributed by atoms with E-state index in [0.29, 0.717) is 12.8 Å². The molecule has 0 saturated carbocycles. The smallest absolute Gasteiger partial charge is 0.748 e. The van der Waals surface area contributed by atoms with Crippen molar-refractivity contribution in [3.8, 4) is 0 Å². The Balaban J connectivity index is 0. The first-order valence-electron chi connectivity index (χ1n) is 8.04. The minimum Gasteiger partial charge on any atom is -0.748 e. The maximum absolute atomic E-state index is 10.9. The molecule has 0 aromatic carbocycles. The number of unbranched alkanes of at least 4 members (excludes halogenated alkanes) is 5. The van der Waals surface area contributed by atoms with Gasteiger partial charge in [0, 0.05) is 5.25 Å². The predicted molar refractivity (Wildman–Crippen MR) is 81.6 cm³/mol. The van der Waals surface area contributed by atoms with Gasteiger partial charge in [0.1, 0.15) is 0 Å². The molecule has 0 aromatic rings. The summed E-state index contributed by atoms with van der Waals surface area (Å²) in [4.78, 5) is 0. The van der Waals surface area contributed by atoms with E-state index in [1.807, 2.05) is 0 Å². The maximum atomic E-state index is 10.9. The summed E-state index contributed by atoms with van der Waals surface area (Å²) in [5, 5.41) is 9.05. The van der Waals surface area contributed by atoms with E-state index < -0.39 is 15.4 Å². The zero-order chi connectivity index (χ0) is 15.4. The van der Waals surface area contributed by atoms with Crippen molar-refractivity contribution in [1.82, 2.24) is 0 Å². The van der Waals surface area contributed by atoms with Gasteiger partial charge in [-0.1, -0.05) is 58.8 Å². The Morgan fingerprint density at radius 3 is 1.81 bits per heavy atom. The molecule has 21 heavy (non-hydrogen) atoms. The molecule has 122 valence electrons. The minimum atomic E-state index is -4.14. The van der Waals surface area contributed by atoms with Crippen LogP contribution in [0, 0.1) is 0 Å². The van der Waals surface area contributed by atoms with Crippen LogP contribution in [0.4, 0.5) is 0 Å². The molecule has 0 aliphatic heterocycles. The van der Waals surface area contributed by atoms with Crippen LogP contribution in [0.15, 0.2) is 0 Å². The average Bonchev–Trinajstić information content (AvgIpc) is 2.37. The molecule has 0 aliphatic rings. The van der Waals surface area contributed by atoms with E-state index in [4.69, 9.17) is 0 Å². The van der Waals surface area contributed by atoms with Gasteiger partial charge in [-0.2, -0.15) is 0 Å². The van der Waals surface area contributed by atoms with Crippen molar-refractivity contribution < 1.29 is 69.5 Å². The SMILES string of the molecule is CCCCCCC(O)CCCCCC(CC)S(=O)(=O)[O-].[K+]. The monoisotopic (exact) mass is 346 g/mol. The van der Waals surface area contributed by atoms with Crippen LogP contribution in [0.3, 0.4) is 0 Å². The fourth-order valence-corrected chi connectivity index (χ4v) is 3.30. The molecule has 0 amide bonds. The first-order chi connectivity index (χ1) is 9.41. The molecular weight excluding hydrogens is 315 g/mol. The third-order valence-corrected chi connectivity index (χ3v) is 5.20. The third kappa shape index (κ3) is 14.8. The van der Waals surface area contributed by atoms with Gasteiger partial charge in [-0.3, -0.25) is 0 Å². The van der Waals surface area contributed by atoms with Crippen LogP contribution in [-0.2, 0) is 10.1 Å². The van der Waals surface area contributed by atoms with Gasteiger partial charge in [-0.25, -0.2) is 8.42 Å². The summed E-state index contributed by atoms with van der Waals surface area (Å²) in [5.41, 5.74) is 0. The molecule has 0 aliphatic carbocycles. The van der Waals surface area contributed by atoms with Crippen molar-refractivity contribution in [2.24, 2.45) is 0 Å². The van der Waals surface area contributed by atoms with Gasteiger partial charge in [-0.05, 0) is 25.7 Å². The van der Waals surface area contributed by atoms with Crippen LogP contribution in [-0.4, -0.2) is 29.4 Å². The molecule has 4 nitrogen and oxygen atoms in total. The predicted octanol–water partition coefficient (Wildman–Crippen LogP) is 0.596.